The Bertz CT molecular complexity index is 2820. The van der Waals surface area contributed by atoms with Gasteiger partial charge >= 0.3 is 5.97 Å². The fraction of sp³-hybridized carbons (Fsp3) is 0.375. The second-order valence-corrected chi connectivity index (χ2v) is 17.8. The van der Waals surface area contributed by atoms with Crippen LogP contribution in [0.4, 0.5) is 4.39 Å². The van der Waals surface area contributed by atoms with E-state index in [1.807, 2.05) is 0 Å². The van der Waals surface area contributed by atoms with Crippen molar-refractivity contribution >= 4 is 70.0 Å². The number of fused-ring (bicyclic) bond motifs is 5. The van der Waals surface area contributed by atoms with Gasteiger partial charge in [-0.1, -0.05) is 43.7 Å². The summed E-state index contributed by atoms with van der Waals surface area (Å²) in [5, 5.41) is 24.7. The normalized spacial score (nSPS) is 16.1. The molecule has 0 unspecified atom stereocenters. The Kier molecular flexibility index (Phi) is 15.7. The average molecular weight is 967 g/mol. The molecule has 0 aliphatic carbocycles. The molecule has 21 heteroatoms. The van der Waals surface area contributed by atoms with Crippen LogP contribution in [0.3, 0.4) is 0 Å². The van der Waals surface area contributed by atoms with Crippen LogP contribution in [0, 0.1) is 12.7 Å². The lowest BCUT2D eigenvalue weighted by Crippen LogP contribution is -2.52. The Morgan fingerprint density at radius 2 is 1.57 bits per heavy atom. The van der Waals surface area contributed by atoms with E-state index in [1.165, 1.54) is 34.5 Å². The lowest BCUT2D eigenvalue weighted by atomic mass is 9.86. The minimum Gasteiger partial charge on any atom is -0.458 e. The van der Waals surface area contributed by atoms with Crippen molar-refractivity contribution in [3.05, 3.63) is 110 Å². The second-order valence-electron chi connectivity index (χ2n) is 16.8. The Morgan fingerprint density at radius 1 is 0.870 bits per heavy atom. The number of aromatic nitrogens is 2. The predicted molar refractivity (Wildman–Crippen MR) is 249 cm³/mol. The number of aryl methyl sites for hydroxylation is 1. The van der Waals surface area contributed by atoms with Crippen molar-refractivity contribution in [2.24, 2.45) is 0 Å². The van der Waals surface area contributed by atoms with E-state index >= 15 is 0 Å². The lowest BCUT2D eigenvalue weighted by molar-refractivity contribution is -0.172. The number of thioether (sulfide) groups is 1. The molecule has 7 rings (SSSR count). The number of aliphatic hydroxyl groups is 1. The maximum atomic E-state index is 14.9. The molecule has 0 fully saturated rings. The Labute approximate surface area is 399 Å². The van der Waals surface area contributed by atoms with Crippen molar-refractivity contribution in [3.8, 4) is 11.4 Å². The highest BCUT2D eigenvalue weighted by Gasteiger charge is 2.45. The monoisotopic (exact) mass is 966 g/mol. The molecule has 2 aromatic heterocycles. The molecule has 2 atom stereocenters. The Balaban J connectivity index is 0.900. The van der Waals surface area contributed by atoms with Crippen molar-refractivity contribution in [1.29, 1.82) is 0 Å². The van der Waals surface area contributed by atoms with Gasteiger partial charge in [0.15, 0.2) is 5.60 Å². The molecule has 69 heavy (non-hydrogen) atoms. The summed E-state index contributed by atoms with van der Waals surface area (Å²) in [5.41, 5.74) is 1.50. The van der Waals surface area contributed by atoms with Crippen LogP contribution in [0.5, 0.6) is 0 Å². The van der Waals surface area contributed by atoms with E-state index in [9.17, 15) is 52.6 Å². The van der Waals surface area contributed by atoms with Gasteiger partial charge in [-0.3, -0.25) is 43.3 Å². The van der Waals surface area contributed by atoms with Gasteiger partial charge in [-0.15, -0.1) is 11.8 Å². The number of amides is 7. The van der Waals surface area contributed by atoms with E-state index in [4.69, 9.17) is 9.72 Å². The largest absolute Gasteiger partial charge is 0.458 e. The first-order valence-electron chi connectivity index (χ1n) is 22.4. The van der Waals surface area contributed by atoms with Crippen molar-refractivity contribution < 1.29 is 52.6 Å². The van der Waals surface area contributed by atoms with Crippen molar-refractivity contribution in [2.75, 3.05) is 32.1 Å². The van der Waals surface area contributed by atoms with Gasteiger partial charge in [-0.2, -0.15) is 0 Å². The molecule has 0 bridgehead atoms. The number of nitrogens with one attached hydrogen (secondary N) is 5. The van der Waals surface area contributed by atoms with Gasteiger partial charge in [0.25, 0.3) is 17.4 Å². The number of rotatable bonds is 21. The third-order valence-electron chi connectivity index (χ3n) is 12.1. The van der Waals surface area contributed by atoms with E-state index < -0.39 is 71.6 Å². The maximum Gasteiger partial charge on any atom is 0.343 e. The zero-order valence-electron chi connectivity index (χ0n) is 37.9. The van der Waals surface area contributed by atoms with Crippen LogP contribution >= 0.6 is 11.8 Å². The van der Waals surface area contributed by atoms with Gasteiger partial charge < -0.3 is 41.0 Å². The standard InChI is InChI=1S/C48H51FN8O11S/c1-3-48(67)33-18-37-44-30(23-57(37)46(65)31(33)24-68-47(48)66)32(29-16-27(2)34(49)19-35(29)55-44)25-69-26-53-40(60)21-52-45(64)36(17-28-10-6-4-7-11-28)54-41(61)22-51-39(59)20-50-38(58)12-8-5-9-15-56-42(62)13-14-43(56)63/h4,6-7,10-11,13-14,16,18-19,36,67H,3,5,8-9,12,15,17,20-26H2,1-2H3,(H,50,58)(H,51,59)(H,52,64)(H,53,60)(H,54,61)/t36-,48-/m0/s1. The number of pyridine rings is 2. The molecule has 0 saturated heterocycles. The number of carbonyl (C=O) groups excluding carboxylic acids is 8. The number of ether oxygens (including phenoxy) is 1. The van der Waals surface area contributed by atoms with Crippen molar-refractivity contribution in [1.82, 2.24) is 41.0 Å². The number of esters is 1. The van der Waals surface area contributed by atoms with Crippen LogP contribution in [-0.4, -0.2) is 105 Å². The molecule has 362 valence electrons. The summed E-state index contributed by atoms with van der Waals surface area (Å²) in [4.78, 5) is 120. The van der Waals surface area contributed by atoms with Crippen LogP contribution < -0.4 is 32.1 Å². The topological polar surface area (TPSA) is 264 Å². The summed E-state index contributed by atoms with van der Waals surface area (Å²) in [5.74, 6) is -4.58. The number of hydrogen-bond donors (Lipinski definition) is 6. The summed E-state index contributed by atoms with van der Waals surface area (Å²) in [7, 11) is 0. The smallest absolute Gasteiger partial charge is 0.343 e. The number of hydrogen-bond acceptors (Lipinski definition) is 13. The van der Waals surface area contributed by atoms with E-state index in [0.29, 0.717) is 64.0 Å². The molecule has 0 spiro atoms. The zero-order valence-corrected chi connectivity index (χ0v) is 38.7. The highest BCUT2D eigenvalue weighted by Crippen LogP contribution is 2.41. The van der Waals surface area contributed by atoms with Crippen LogP contribution in [0.1, 0.15) is 72.4 Å². The number of cyclic esters (lactones) is 1. The SMILES string of the molecule is CC[C@@]1(O)C(=O)OCc2c1cc1n(c2=O)Cc2c-1nc1cc(F)c(C)cc1c2CSCNC(=O)CNC(=O)[C@H](Cc1ccccc1)NC(=O)CNC(=O)CNC(=O)CCCCCN1C(=O)C=CC1=O. The first-order valence-corrected chi connectivity index (χ1v) is 23.5. The fourth-order valence-electron chi connectivity index (χ4n) is 8.29. The summed E-state index contributed by atoms with van der Waals surface area (Å²) >= 11 is 1.32. The van der Waals surface area contributed by atoms with Gasteiger partial charge in [0.2, 0.25) is 29.5 Å². The number of nitrogens with zero attached hydrogens (tertiary/aromatic N) is 3. The summed E-state index contributed by atoms with van der Waals surface area (Å²) < 4.78 is 21.6. The number of unbranched alkanes of at least 4 members (excludes halogenated alkanes) is 2. The number of benzene rings is 2. The molecule has 7 amide bonds. The quantitative estimate of drug-likeness (QED) is 0.0263. The van der Waals surface area contributed by atoms with E-state index in [0.717, 1.165) is 10.5 Å². The molecule has 3 aliphatic heterocycles. The highest BCUT2D eigenvalue weighted by atomic mass is 32.2. The van der Waals surface area contributed by atoms with E-state index in [-0.39, 0.29) is 74.3 Å². The fourth-order valence-corrected chi connectivity index (χ4v) is 9.19. The minimum absolute atomic E-state index is 0.0287. The summed E-state index contributed by atoms with van der Waals surface area (Å²) in [6.07, 6.45) is 4.15. The molecular weight excluding hydrogens is 916 g/mol. The number of halogens is 1. The van der Waals surface area contributed by atoms with Crippen LogP contribution in [-0.2, 0) is 74.0 Å². The third-order valence-corrected chi connectivity index (χ3v) is 13.0. The highest BCUT2D eigenvalue weighted by molar-refractivity contribution is 7.98. The summed E-state index contributed by atoms with van der Waals surface area (Å²) in [6.45, 7) is 1.99. The molecular formula is C48H51FN8O11S. The van der Waals surface area contributed by atoms with Crippen LogP contribution in [0.2, 0.25) is 0 Å². The zero-order chi connectivity index (χ0) is 49.4. The van der Waals surface area contributed by atoms with Gasteiger partial charge in [0, 0.05) is 59.9 Å². The van der Waals surface area contributed by atoms with Crippen molar-refractivity contribution in [3.63, 3.8) is 0 Å². The van der Waals surface area contributed by atoms with Crippen LogP contribution in [0.15, 0.2) is 65.5 Å². The third kappa shape index (κ3) is 11.4. The lowest BCUT2D eigenvalue weighted by Gasteiger charge is -2.31. The molecule has 5 heterocycles. The van der Waals surface area contributed by atoms with Gasteiger partial charge in [-0.25, -0.2) is 14.2 Å². The average Bonchev–Trinajstić information content (AvgIpc) is 3.87. The van der Waals surface area contributed by atoms with E-state index in [1.54, 1.807) is 56.3 Å². The molecule has 0 radical (unpaired) electrons. The first-order chi connectivity index (χ1) is 33.1. The molecule has 0 saturated carbocycles. The molecule has 6 N–H and O–H groups in total. The van der Waals surface area contributed by atoms with Crippen molar-refractivity contribution in [2.45, 2.75) is 82.9 Å². The van der Waals surface area contributed by atoms with E-state index in [2.05, 4.69) is 26.6 Å². The summed E-state index contributed by atoms with van der Waals surface area (Å²) in [6, 6.07) is 12.3. The maximum absolute atomic E-state index is 14.9. The van der Waals surface area contributed by atoms with Gasteiger partial charge in [0.05, 0.1) is 54.5 Å². The van der Waals surface area contributed by atoms with Crippen LogP contribution in [0.25, 0.3) is 22.3 Å². The minimum atomic E-state index is -2.02. The molecule has 4 aromatic rings. The number of carbonyl (C=O) groups is 8. The second kappa shape index (κ2) is 21.8. The first kappa shape index (κ1) is 49.6. The molecule has 19 nitrogen and oxygen atoms in total. The molecule has 3 aliphatic rings. The van der Waals surface area contributed by atoms with Gasteiger partial charge in [0.1, 0.15) is 18.5 Å². The predicted octanol–water partition coefficient (Wildman–Crippen LogP) is 1.40. The van der Waals surface area contributed by atoms with Gasteiger partial charge in [-0.05, 0) is 55.0 Å². The Hall–Kier alpha value is -7.26. The molecule has 2 aromatic carbocycles. The Morgan fingerprint density at radius 3 is 2.30 bits per heavy atom. The number of imide groups is 1.